The van der Waals surface area contributed by atoms with Gasteiger partial charge in [0.15, 0.2) is 0 Å². The van der Waals surface area contributed by atoms with Gasteiger partial charge in [0, 0.05) is 0 Å². The minimum absolute atomic E-state index is 0. The van der Waals surface area contributed by atoms with E-state index in [1.54, 1.807) is 0 Å². The molecule has 1 aromatic rings. The monoisotopic (exact) mass is 261 g/mol. The van der Waals surface area contributed by atoms with Crippen molar-refractivity contribution in [1.29, 1.82) is 0 Å². The van der Waals surface area contributed by atoms with Crippen molar-refractivity contribution in [3.05, 3.63) is 37.3 Å². The Hall–Kier alpha value is 0.934. The molecule has 0 aliphatic rings. The average molecular weight is 262 g/mol. The maximum Gasteiger partial charge on any atom is 3.00 e. The Morgan fingerprint density at radius 1 is 1.08 bits per heavy atom. The van der Waals surface area contributed by atoms with Crippen molar-refractivity contribution in [3.8, 4) is 0 Å². The van der Waals surface area contributed by atoms with Crippen LogP contribution in [-0.2, 0) is 21.7 Å². The van der Waals surface area contributed by atoms with Gasteiger partial charge in [0.25, 0.3) is 0 Å². The molecule has 1 radical (unpaired) electrons. The molecule has 0 aromatic heterocycles. The van der Waals surface area contributed by atoms with Crippen LogP contribution in [0.15, 0.2) is 30.3 Å². The fourth-order valence-corrected chi connectivity index (χ4v) is 0.321. The fourth-order valence-electron chi connectivity index (χ4n) is 0.321. The summed E-state index contributed by atoms with van der Waals surface area (Å²) >= 11 is 0. The van der Waals surface area contributed by atoms with Crippen molar-refractivity contribution < 1.29 is 58.9 Å². The molecule has 0 heterocycles. The van der Waals surface area contributed by atoms with Gasteiger partial charge in [-0.15, -0.1) is 0 Å². The van der Waals surface area contributed by atoms with Crippen LogP contribution in [0.2, 0.25) is 0 Å². The van der Waals surface area contributed by atoms with E-state index < -0.39 is 0 Å². The van der Waals surface area contributed by atoms with Crippen LogP contribution in [0.4, 0.5) is 0 Å². The first kappa shape index (κ1) is 29.3. The minimum atomic E-state index is 0. The van der Waals surface area contributed by atoms with E-state index in [0.29, 0.717) is 0 Å². The van der Waals surface area contributed by atoms with Gasteiger partial charge in [0.2, 0.25) is 0 Å². The van der Waals surface area contributed by atoms with Gasteiger partial charge in [-0.05, 0) is 0 Å². The fraction of sp³-hybridized carbons (Fsp3) is 0.250. The first-order chi connectivity index (χ1) is 3.91. The van der Waals surface area contributed by atoms with Gasteiger partial charge < -0.3 is 44.1 Å². The van der Waals surface area contributed by atoms with Crippen LogP contribution in [0.5, 0.6) is 0 Å². The van der Waals surface area contributed by atoms with Gasteiger partial charge in [-0.25, -0.2) is 12.1 Å². The maximum atomic E-state index is 3.49. The molecule has 71 valence electrons. The van der Waals surface area contributed by atoms with E-state index in [4.69, 9.17) is 0 Å². The Kier molecular flexibility index (Phi) is 72.4. The number of rotatable bonds is 0. The van der Waals surface area contributed by atoms with E-state index in [2.05, 4.69) is 6.92 Å². The van der Waals surface area contributed by atoms with Gasteiger partial charge in [-0.2, -0.15) is 24.6 Å². The SMILES string of the molecule is [CH2-]CC.[Cl-].[Cl-].[Cl-].[Ti+3].c1cc[cH-]c1. The Bertz CT molecular complexity index is 81.2. The molecule has 0 atom stereocenters. The molecular formula is C8H12Cl3Ti-2. The second kappa shape index (κ2) is 29.7. The van der Waals surface area contributed by atoms with Crippen molar-refractivity contribution in [2.45, 2.75) is 13.3 Å². The molecule has 12 heavy (non-hydrogen) atoms. The van der Waals surface area contributed by atoms with Crippen LogP contribution < -0.4 is 37.2 Å². The number of hydrogen-bond donors (Lipinski definition) is 0. The summed E-state index contributed by atoms with van der Waals surface area (Å²) in [5.41, 5.74) is 0. The summed E-state index contributed by atoms with van der Waals surface area (Å²) in [5, 5.41) is 0. The van der Waals surface area contributed by atoms with Crippen LogP contribution in [0.25, 0.3) is 0 Å². The van der Waals surface area contributed by atoms with Gasteiger partial charge in [-0.1, -0.05) is 6.92 Å². The van der Waals surface area contributed by atoms with Gasteiger partial charge in [0.05, 0.1) is 0 Å². The zero-order valence-corrected chi connectivity index (χ0v) is 10.8. The summed E-state index contributed by atoms with van der Waals surface area (Å²) in [4.78, 5) is 0. The molecule has 0 saturated heterocycles. The molecular weight excluding hydrogens is 250 g/mol. The third-order valence-electron chi connectivity index (χ3n) is 0.556. The van der Waals surface area contributed by atoms with Crippen LogP contribution in [0.3, 0.4) is 0 Å². The predicted octanol–water partition coefficient (Wildman–Crippen LogP) is -6.35. The van der Waals surface area contributed by atoms with E-state index in [-0.39, 0.29) is 58.9 Å². The largest absolute Gasteiger partial charge is 3.00 e. The van der Waals surface area contributed by atoms with Crippen LogP contribution in [-0.4, -0.2) is 0 Å². The number of hydrogen-bond acceptors (Lipinski definition) is 0. The van der Waals surface area contributed by atoms with Crippen molar-refractivity contribution in [2.75, 3.05) is 0 Å². The second-order valence-corrected chi connectivity index (χ2v) is 1.46. The third kappa shape index (κ3) is 30.6. The molecule has 0 spiro atoms. The Morgan fingerprint density at radius 2 is 1.33 bits per heavy atom. The Labute approximate surface area is 109 Å². The Balaban J connectivity index is -0.0000000219. The van der Waals surface area contributed by atoms with Crippen LogP contribution in [0, 0.1) is 6.92 Å². The van der Waals surface area contributed by atoms with Gasteiger partial charge in [0.1, 0.15) is 0 Å². The summed E-state index contributed by atoms with van der Waals surface area (Å²) in [6.45, 7) is 5.50. The third-order valence-corrected chi connectivity index (χ3v) is 0.556. The topological polar surface area (TPSA) is 0 Å². The van der Waals surface area contributed by atoms with Crippen molar-refractivity contribution >= 4 is 0 Å². The molecule has 0 bridgehead atoms. The summed E-state index contributed by atoms with van der Waals surface area (Å²) in [6, 6.07) is 10.0. The quantitative estimate of drug-likeness (QED) is 0.322. The zero-order valence-electron chi connectivity index (χ0n) is 6.93. The first-order valence-corrected chi connectivity index (χ1v) is 2.87. The van der Waals surface area contributed by atoms with Gasteiger partial charge >= 0.3 is 21.7 Å². The average Bonchev–Trinajstić information content (AvgIpc) is 2.17. The molecule has 4 heteroatoms. The van der Waals surface area contributed by atoms with E-state index in [0.717, 1.165) is 6.42 Å². The van der Waals surface area contributed by atoms with E-state index >= 15 is 0 Å². The van der Waals surface area contributed by atoms with Crippen molar-refractivity contribution in [2.24, 2.45) is 0 Å². The molecule has 1 rings (SSSR count). The summed E-state index contributed by atoms with van der Waals surface area (Å²) in [7, 11) is 0. The van der Waals surface area contributed by atoms with E-state index in [1.807, 2.05) is 37.3 Å². The van der Waals surface area contributed by atoms with Crippen molar-refractivity contribution in [1.82, 2.24) is 0 Å². The Morgan fingerprint density at radius 3 is 1.42 bits per heavy atom. The predicted molar refractivity (Wildman–Crippen MR) is 37.7 cm³/mol. The molecule has 1 aromatic carbocycles. The van der Waals surface area contributed by atoms with E-state index in [1.165, 1.54) is 0 Å². The molecule has 0 unspecified atom stereocenters. The first-order valence-electron chi connectivity index (χ1n) is 2.87. The van der Waals surface area contributed by atoms with Crippen molar-refractivity contribution in [3.63, 3.8) is 0 Å². The molecule has 0 amide bonds. The molecule has 0 aliphatic heterocycles. The summed E-state index contributed by atoms with van der Waals surface area (Å²) in [6.07, 6.45) is 1.00. The molecule has 0 nitrogen and oxygen atoms in total. The zero-order chi connectivity index (χ0) is 6.24. The van der Waals surface area contributed by atoms with E-state index in [9.17, 15) is 0 Å². The smallest absolute Gasteiger partial charge is 1.00 e. The standard InChI is InChI=1S/C5H5.C3H7.3ClH.Ti/c1-2-4-5-3-1;1-3-2;;;;/h1-5H;1,3H2,2H3;3*1H;/q2*-1;;;;+3/p-3. The molecule has 0 fully saturated rings. The minimum Gasteiger partial charge on any atom is -1.00 e. The molecule has 0 saturated carbocycles. The molecule has 0 N–H and O–H groups in total. The van der Waals surface area contributed by atoms with Crippen LogP contribution >= 0.6 is 0 Å². The summed E-state index contributed by atoms with van der Waals surface area (Å²) < 4.78 is 0. The van der Waals surface area contributed by atoms with Crippen LogP contribution in [0.1, 0.15) is 13.3 Å². The maximum absolute atomic E-state index is 3.49. The second-order valence-electron chi connectivity index (χ2n) is 1.46. The summed E-state index contributed by atoms with van der Waals surface area (Å²) in [5.74, 6) is 0. The van der Waals surface area contributed by atoms with Gasteiger partial charge in [-0.3, -0.25) is 0 Å². The number of halogens is 3. The molecule has 0 aliphatic carbocycles. The normalized spacial score (nSPS) is 4.83.